The van der Waals surface area contributed by atoms with Gasteiger partial charge in [-0.2, -0.15) is 0 Å². The number of primary amides is 1. The minimum atomic E-state index is -0.436. The van der Waals surface area contributed by atoms with Crippen LogP contribution in [0.5, 0.6) is 0 Å². The Hall–Kier alpha value is -1.71. The van der Waals surface area contributed by atoms with Crippen LogP contribution in [0.3, 0.4) is 0 Å². The minimum absolute atomic E-state index is 0.436. The zero-order valence-corrected chi connectivity index (χ0v) is 10.7. The normalized spacial score (nSPS) is 10.6. The second-order valence-corrected chi connectivity index (χ2v) is 4.57. The maximum Gasteiger partial charge on any atom is 0.250 e. The first-order valence-electron chi connectivity index (χ1n) is 5.90. The summed E-state index contributed by atoms with van der Waals surface area (Å²) < 4.78 is 0. The molecule has 0 saturated heterocycles. The molecule has 0 atom stereocenters. The Morgan fingerprint density at radius 1 is 1.41 bits per heavy atom. The first-order chi connectivity index (χ1) is 7.95. The molecule has 94 valence electrons. The fourth-order valence-corrected chi connectivity index (χ4v) is 1.87. The fourth-order valence-electron chi connectivity index (χ4n) is 1.87. The van der Waals surface area contributed by atoms with E-state index in [0.29, 0.717) is 17.2 Å². The van der Waals surface area contributed by atoms with Gasteiger partial charge < -0.3 is 16.4 Å². The summed E-state index contributed by atoms with van der Waals surface area (Å²) in [6.07, 6.45) is 0. The molecule has 0 aliphatic heterocycles. The first kappa shape index (κ1) is 13.4. The number of rotatable bonds is 5. The van der Waals surface area contributed by atoms with E-state index in [-0.39, 0.29) is 0 Å². The molecule has 0 aromatic heterocycles. The number of nitrogen functional groups attached to an aromatic ring is 1. The fraction of sp³-hybridized carbons (Fsp3) is 0.462. The number of benzene rings is 1. The summed E-state index contributed by atoms with van der Waals surface area (Å²) in [6.45, 7) is 8.07. The van der Waals surface area contributed by atoms with Crippen LogP contribution >= 0.6 is 0 Å². The second kappa shape index (κ2) is 5.57. The highest BCUT2D eigenvalue weighted by Crippen LogP contribution is 2.23. The van der Waals surface area contributed by atoms with Crippen LogP contribution in [0, 0.1) is 5.92 Å². The van der Waals surface area contributed by atoms with Gasteiger partial charge in [0.05, 0.1) is 5.56 Å². The average molecular weight is 235 g/mol. The molecule has 1 aromatic carbocycles. The van der Waals surface area contributed by atoms with Gasteiger partial charge in [-0.1, -0.05) is 13.8 Å². The SMILES string of the molecule is CCN(CC(C)C)c1ccc(N)cc1C(N)=O. The van der Waals surface area contributed by atoms with Crippen molar-refractivity contribution in [2.75, 3.05) is 23.7 Å². The van der Waals surface area contributed by atoms with Crippen LogP contribution in [0.1, 0.15) is 31.1 Å². The van der Waals surface area contributed by atoms with Crippen LogP contribution in [-0.4, -0.2) is 19.0 Å². The number of hydrogen-bond donors (Lipinski definition) is 2. The van der Waals surface area contributed by atoms with Crippen molar-refractivity contribution in [3.8, 4) is 0 Å². The summed E-state index contributed by atoms with van der Waals surface area (Å²) >= 11 is 0. The lowest BCUT2D eigenvalue weighted by Gasteiger charge is -2.27. The van der Waals surface area contributed by atoms with E-state index in [4.69, 9.17) is 11.5 Å². The minimum Gasteiger partial charge on any atom is -0.399 e. The highest BCUT2D eigenvalue weighted by molar-refractivity contribution is 5.99. The maximum atomic E-state index is 11.4. The predicted molar refractivity (Wildman–Crippen MR) is 72.1 cm³/mol. The van der Waals surface area contributed by atoms with Gasteiger partial charge in [-0.25, -0.2) is 0 Å². The summed E-state index contributed by atoms with van der Waals surface area (Å²) in [7, 11) is 0. The first-order valence-corrected chi connectivity index (χ1v) is 5.90. The zero-order chi connectivity index (χ0) is 13.0. The van der Waals surface area contributed by atoms with Crippen molar-refractivity contribution in [2.24, 2.45) is 11.7 Å². The summed E-state index contributed by atoms with van der Waals surface area (Å²) in [5.41, 5.74) is 13.0. The van der Waals surface area contributed by atoms with Crippen molar-refractivity contribution in [3.63, 3.8) is 0 Å². The summed E-state index contributed by atoms with van der Waals surface area (Å²) in [5, 5.41) is 0. The highest BCUT2D eigenvalue weighted by Gasteiger charge is 2.14. The molecule has 4 N–H and O–H groups in total. The smallest absolute Gasteiger partial charge is 0.250 e. The quantitative estimate of drug-likeness (QED) is 0.765. The van der Waals surface area contributed by atoms with Gasteiger partial charge in [-0.3, -0.25) is 4.79 Å². The third kappa shape index (κ3) is 3.37. The number of nitrogens with two attached hydrogens (primary N) is 2. The van der Waals surface area contributed by atoms with Gasteiger partial charge in [0.1, 0.15) is 0 Å². The largest absolute Gasteiger partial charge is 0.399 e. The van der Waals surface area contributed by atoms with E-state index < -0.39 is 5.91 Å². The molecular weight excluding hydrogens is 214 g/mol. The van der Waals surface area contributed by atoms with Gasteiger partial charge in [0, 0.05) is 24.5 Å². The van der Waals surface area contributed by atoms with Gasteiger partial charge in [0.15, 0.2) is 0 Å². The van der Waals surface area contributed by atoms with Crippen molar-refractivity contribution in [1.82, 2.24) is 0 Å². The van der Waals surface area contributed by atoms with E-state index in [2.05, 4.69) is 25.7 Å². The molecule has 0 unspecified atom stereocenters. The van der Waals surface area contributed by atoms with Gasteiger partial charge in [0.2, 0.25) is 0 Å². The van der Waals surface area contributed by atoms with Gasteiger partial charge >= 0.3 is 0 Å². The Morgan fingerprint density at radius 3 is 2.53 bits per heavy atom. The summed E-state index contributed by atoms with van der Waals surface area (Å²) in [5.74, 6) is 0.0859. The van der Waals surface area contributed by atoms with Crippen molar-refractivity contribution in [1.29, 1.82) is 0 Å². The predicted octanol–water partition coefficient (Wildman–Crippen LogP) is 1.85. The van der Waals surface area contributed by atoms with Crippen molar-refractivity contribution < 1.29 is 4.79 Å². The summed E-state index contributed by atoms with van der Waals surface area (Å²) in [4.78, 5) is 13.6. The van der Waals surface area contributed by atoms with E-state index in [1.54, 1.807) is 12.1 Å². The van der Waals surface area contributed by atoms with E-state index in [1.165, 1.54) is 0 Å². The number of carbonyl (C=O) groups is 1. The molecule has 0 spiro atoms. The van der Waals surface area contributed by atoms with Gasteiger partial charge in [-0.15, -0.1) is 0 Å². The Bertz CT molecular complexity index is 402. The molecule has 17 heavy (non-hydrogen) atoms. The van der Waals surface area contributed by atoms with E-state index in [1.807, 2.05) is 6.07 Å². The van der Waals surface area contributed by atoms with Crippen LogP contribution in [0.25, 0.3) is 0 Å². The molecule has 4 heteroatoms. The van der Waals surface area contributed by atoms with Crippen LogP contribution < -0.4 is 16.4 Å². The number of anilines is 2. The molecule has 0 bridgehead atoms. The van der Waals surface area contributed by atoms with Gasteiger partial charge in [0.25, 0.3) is 5.91 Å². The molecule has 0 saturated carbocycles. The van der Waals surface area contributed by atoms with E-state index in [9.17, 15) is 4.79 Å². The Kier molecular flexibility index (Phi) is 4.37. The number of nitrogens with zero attached hydrogens (tertiary/aromatic N) is 1. The van der Waals surface area contributed by atoms with E-state index in [0.717, 1.165) is 18.8 Å². The lowest BCUT2D eigenvalue weighted by molar-refractivity contribution is 0.100. The Balaban J connectivity index is 3.14. The standard InChI is InChI=1S/C13H21N3O/c1-4-16(8-9(2)3)12-6-5-10(14)7-11(12)13(15)17/h5-7,9H,4,8,14H2,1-3H3,(H2,15,17). The van der Waals surface area contributed by atoms with E-state index >= 15 is 0 Å². The van der Waals surface area contributed by atoms with Gasteiger partial charge in [-0.05, 0) is 31.0 Å². The van der Waals surface area contributed by atoms with Crippen molar-refractivity contribution in [3.05, 3.63) is 23.8 Å². The molecule has 4 nitrogen and oxygen atoms in total. The zero-order valence-electron chi connectivity index (χ0n) is 10.7. The highest BCUT2D eigenvalue weighted by atomic mass is 16.1. The third-order valence-corrected chi connectivity index (χ3v) is 2.59. The molecule has 0 heterocycles. The molecule has 1 rings (SSSR count). The van der Waals surface area contributed by atoms with Crippen LogP contribution in [0.2, 0.25) is 0 Å². The monoisotopic (exact) mass is 235 g/mol. The Labute approximate surface area is 103 Å². The molecule has 0 aliphatic carbocycles. The number of amides is 1. The molecule has 1 amide bonds. The maximum absolute atomic E-state index is 11.4. The topological polar surface area (TPSA) is 72.3 Å². The molecule has 0 radical (unpaired) electrons. The molecular formula is C13H21N3O. The second-order valence-electron chi connectivity index (χ2n) is 4.57. The lowest BCUT2D eigenvalue weighted by Crippen LogP contribution is -2.29. The van der Waals surface area contributed by atoms with Crippen molar-refractivity contribution >= 4 is 17.3 Å². The molecule has 1 aromatic rings. The average Bonchev–Trinajstić information content (AvgIpc) is 2.25. The van der Waals surface area contributed by atoms with Crippen LogP contribution in [-0.2, 0) is 0 Å². The lowest BCUT2D eigenvalue weighted by atomic mass is 10.1. The molecule has 0 aliphatic rings. The van der Waals surface area contributed by atoms with Crippen molar-refractivity contribution in [2.45, 2.75) is 20.8 Å². The third-order valence-electron chi connectivity index (χ3n) is 2.59. The van der Waals surface area contributed by atoms with Crippen LogP contribution in [0.4, 0.5) is 11.4 Å². The number of hydrogen-bond acceptors (Lipinski definition) is 3. The number of carbonyl (C=O) groups excluding carboxylic acids is 1. The molecule has 0 fully saturated rings. The Morgan fingerprint density at radius 2 is 2.06 bits per heavy atom. The van der Waals surface area contributed by atoms with Crippen LogP contribution in [0.15, 0.2) is 18.2 Å². The summed E-state index contributed by atoms with van der Waals surface area (Å²) in [6, 6.07) is 5.30.